The van der Waals surface area contributed by atoms with Gasteiger partial charge < -0.3 is 10.2 Å². The fourth-order valence-corrected chi connectivity index (χ4v) is 3.53. The van der Waals surface area contributed by atoms with Crippen molar-refractivity contribution in [2.24, 2.45) is 0 Å². The third kappa shape index (κ3) is 2.39. The van der Waals surface area contributed by atoms with Crippen molar-refractivity contribution in [2.75, 3.05) is 25.9 Å². The molecule has 2 rings (SSSR count). The van der Waals surface area contributed by atoms with E-state index in [4.69, 9.17) is 0 Å². The minimum absolute atomic E-state index is 0.760. The third-order valence-electron chi connectivity index (χ3n) is 3.22. The van der Waals surface area contributed by atoms with E-state index in [0.717, 1.165) is 17.3 Å². The van der Waals surface area contributed by atoms with Crippen molar-refractivity contribution >= 4 is 11.8 Å². The van der Waals surface area contributed by atoms with Crippen molar-refractivity contribution in [3.63, 3.8) is 0 Å². The van der Waals surface area contributed by atoms with Crippen LogP contribution in [0.2, 0.25) is 0 Å². The molecule has 1 N–H and O–H groups in total. The third-order valence-corrected chi connectivity index (χ3v) is 4.54. The first-order valence-corrected chi connectivity index (χ1v) is 6.37. The molecule has 0 aromatic rings. The van der Waals surface area contributed by atoms with Gasteiger partial charge in [-0.1, -0.05) is 6.92 Å². The Kier molecular flexibility index (Phi) is 3.17. The standard InChI is InChI=1S/C10H20N2S/c1-8-10(4-6-13-8)11-9-3-5-12(2)7-9/h8-11H,3-7H2,1-2H3. The number of likely N-dealkylation sites (tertiary alicyclic amines) is 1. The molecule has 3 heteroatoms. The van der Waals surface area contributed by atoms with Gasteiger partial charge in [0.2, 0.25) is 0 Å². The van der Waals surface area contributed by atoms with Crippen LogP contribution in [0.3, 0.4) is 0 Å². The van der Waals surface area contributed by atoms with Crippen LogP contribution in [0.4, 0.5) is 0 Å². The molecule has 13 heavy (non-hydrogen) atoms. The summed E-state index contributed by atoms with van der Waals surface area (Å²) in [5.41, 5.74) is 0. The van der Waals surface area contributed by atoms with E-state index < -0.39 is 0 Å². The number of nitrogens with one attached hydrogen (secondary N) is 1. The summed E-state index contributed by atoms with van der Waals surface area (Å²) in [5.74, 6) is 1.35. The van der Waals surface area contributed by atoms with Crippen molar-refractivity contribution in [2.45, 2.75) is 37.1 Å². The molecule has 76 valence electrons. The van der Waals surface area contributed by atoms with E-state index in [1.165, 1.54) is 31.7 Å². The van der Waals surface area contributed by atoms with Crippen molar-refractivity contribution in [1.82, 2.24) is 10.2 Å². The second-order valence-electron chi connectivity index (χ2n) is 4.39. The lowest BCUT2D eigenvalue weighted by molar-refractivity contribution is 0.379. The molecule has 2 aliphatic heterocycles. The highest BCUT2D eigenvalue weighted by atomic mass is 32.2. The molecule has 2 fully saturated rings. The first-order valence-electron chi connectivity index (χ1n) is 5.32. The van der Waals surface area contributed by atoms with Crippen LogP contribution in [0.5, 0.6) is 0 Å². The van der Waals surface area contributed by atoms with Gasteiger partial charge in [-0.2, -0.15) is 11.8 Å². The predicted molar refractivity (Wildman–Crippen MR) is 59.4 cm³/mol. The summed E-state index contributed by atoms with van der Waals surface area (Å²) >= 11 is 2.11. The zero-order chi connectivity index (χ0) is 9.26. The van der Waals surface area contributed by atoms with Crippen molar-refractivity contribution in [3.8, 4) is 0 Å². The van der Waals surface area contributed by atoms with Crippen molar-refractivity contribution in [3.05, 3.63) is 0 Å². The summed E-state index contributed by atoms with van der Waals surface area (Å²) in [6.45, 7) is 4.87. The molecule has 2 heterocycles. The molecule has 2 aliphatic rings. The number of likely N-dealkylation sites (N-methyl/N-ethyl adjacent to an activating group) is 1. The fraction of sp³-hybridized carbons (Fsp3) is 1.00. The van der Waals surface area contributed by atoms with Crippen LogP contribution in [0.25, 0.3) is 0 Å². The molecule has 3 unspecified atom stereocenters. The van der Waals surface area contributed by atoms with E-state index in [0.29, 0.717) is 0 Å². The first kappa shape index (κ1) is 9.81. The van der Waals surface area contributed by atoms with E-state index in [-0.39, 0.29) is 0 Å². The van der Waals surface area contributed by atoms with E-state index in [2.05, 4.69) is 35.9 Å². The molecule has 0 radical (unpaired) electrons. The van der Waals surface area contributed by atoms with Gasteiger partial charge in [-0.25, -0.2) is 0 Å². The van der Waals surface area contributed by atoms with Crippen molar-refractivity contribution < 1.29 is 0 Å². The molecule has 3 atom stereocenters. The number of nitrogens with zero attached hydrogens (tertiary/aromatic N) is 1. The van der Waals surface area contributed by atoms with Gasteiger partial charge >= 0.3 is 0 Å². The van der Waals surface area contributed by atoms with Gasteiger partial charge in [0, 0.05) is 23.9 Å². The van der Waals surface area contributed by atoms with Crippen LogP contribution in [0.1, 0.15) is 19.8 Å². The Labute approximate surface area is 85.4 Å². The lowest BCUT2D eigenvalue weighted by Gasteiger charge is -2.21. The Hall–Kier alpha value is 0.270. The van der Waals surface area contributed by atoms with Gasteiger partial charge in [-0.3, -0.25) is 0 Å². The Bertz CT molecular complexity index is 174. The molecule has 0 saturated carbocycles. The molecule has 0 amide bonds. The van der Waals surface area contributed by atoms with Gasteiger partial charge in [0.05, 0.1) is 0 Å². The summed E-state index contributed by atoms with van der Waals surface area (Å²) in [7, 11) is 2.22. The fourth-order valence-electron chi connectivity index (χ4n) is 2.32. The zero-order valence-corrected chi connectivity index (χ0v) is 9.44. The van der Waals surface area contributed by atoms with E-state index >= 15 is 0 Å². The maximum absolute atomic E-state index is 3.80. The Balaban J connectivity index is 1.77. The summed E-state index contributed by atoms with van der Waals surface area (Å²) in [4.78, 5) is 2.42. The largest absolute Gasteiger partial charge is 0.309 e. The first-order chi connectivity index (χ1) is 6.25. The van der Waals surface area contributed by atoms with E-state index in [1.807, 2.05) is 0 Å². The Morgan fingerprint density at radius 2 is 2.23 bits per heavy atom. The maximum atomic E-state index is 3.80. The lowest BCUT2D eigenvalue weighted by atomic mass is 10.1. The molecule has 0 aromatic carbocycles. The SMILES string of the molecule is CC1SCCC1NC1CCN(C)C1. The highest BCUT2D eigenvalue weighted by Crippen LogP contribution is 2.27. The monoisotopic (exact) mass is 200 g/mol. The molecule has 2 saturated heterocycles. The topological polar surface area (TPSA) is 15.3 Å². The Morgan fingerprint density at radius 1 is 1.38 bits per heavy atom. The Morgan fingerprint density at radius 3 is 2.77 bits per heavy atom. The maximum Gasteiger partial charge on any atom is 0.0210 e. The van der Waals surface area contributed by atoms with Gasteiger partial charge in [-0.15, -0.1) is 0 Å². The second-order valence-corrected chi connectivity index (χ2v) is 5.87. The van der Waals surface area contributed by atoms with Crippen LogP contribution in [0, 0.1) is 0 Å². The minimum Gasteiger partial charge on any atom is -0.309 e. The predicted octanol–water partition coefficient (Wildman–Crippen LogP) is 1.17. The summed E-state index contributed by atoms with van der Waals surface area (Å²) < 4.78 is 0. The second kappa shape index (κ2) is 4.20. The molecule has 2 nitrogen and oxygen atoms in total. The van der Waals surface area contributed by atoms with Crippen LogP contribution in [-0.2, 0) is 0 Å². The normalized spacial score (nSPS) is 41.5. The molecule has 0 aromatic heterocycles. The van der Waals surface area contributed by atoms with E-state index in [9.17, 15) is 0 Å². The highest BCUT2D eigenvalue weighted by Gasteiger charge is 2.28. The molecule has 0 aliphatic carbocycles. The molecule has 0 spiro atoms. The van der Waals surface area contributed by atoms with Crippen LogP contribution < -0.4 is 5.32 Å². The highest BCUT2D eigenvalue weighted by molar-refractivity contribution is 8.00. The number of rotatable bonds is 2. The van der Waals surface area contributed by atoms with Crippen LogP contribution >= 0.6 is 11.8 Å². The average Bonchev–Trinajstić information content (AvgIpc) is 2.64. The van der Waals surface area contributed by atoms with Gasteiger partial charge in [0.1, 0.15) is 0 Å². The lowest BCUT2D eigenvalue weighted by Crippen LogP contribution is -2.42. The van der Waals surface area contributed by atoms with E-state index in [1.54, 1.807) is 0 Å². The van der Waals surface area contributed by atoms with Crippen molar-refractivity contribution in [1.29, 1.82) is 0 Å². The van der Waals surface area contributed by atoms with Crippen LogP contribution in [-0.4, -0.2) is 48.1 Å². The summed E-state index contributed by atoms with van der Waals surface area (Å²) in [6.07, 6.45) is 2.70. The minimum atomic E-state index is 0.760. The van der Waals surface area contributed by atoms with Gasteiger partial charge in [-0.05, 0) is 32.2 Å². The van der Waals surface area contributed by atoms with Gasteiger partial charge in [0.15, 0.2) is 0 Å². The average molecular weight is 200 g/mol. The number of hydrogen-bond acceptors (Lipinski definition) is 3. The van der Waals surface area contributed by atoms with Gasteiger partial charge in [0.25, 0.3) is 0 Å². The quantitative estimate of drug-likeness (QED) is 0.720. The number of thioether (sulfide) groups is 1. The zero-order valence-electron chi connectivity index (χ0n) is 8.62. The summed E-state index contributed by atoms with van der Waals surface area (Å²) in [6, 6.07) is 1.54. The molecule has 0 bridgehead atoms. The number of hydrogen-bond donors (Lipinski definition) is 1. The van der Waals surface area contributed by atoms with Crippen LogP contribution in [0.15, 0.2) is 0 Å². The molecular weight excluding hydrogens is 180 g/mol. The summed E-state index contributed by atoms with van der Waals surface area (Å²) in [5, 5.41) is 4.62. The molecular formula is C10H20N2S. The smallest absolute Gasteiger partial charge is 0.0210 e.